The lowest BCUT2D eigenvalue weighted by atomic mass is 10.3. The van der Waals surface area contributed by atoms with Crippen LogP contribution in [0.1, 0.15) is 39.5 Å². The van der Waals surface area contributed by atoms with E-state index in [2.05, 4.69) is 19.2 Å². The molecule has 0 saturated carbocycles. The third-order valence-corrected chi connectivity index (χ3v) is 1.66. The molecule has 2 N–H and O–H groups in total. The number of hydrogen-bond acceptors (Lipinski definition) is 2. The average Bonchev–Trinajstić information content (AvgIpc) is 2.17. The predicted molar refractivity (Wildman–Crippen MR) is 56.4 cm³/mol. The number of hydrogen-bond donors (Lipinski definition) is 2. The largest absolute Gasteiger partial charge is 0.490 e. The maximum atomic E-state index is 10.6. The van der Waals surface area contributed by atoms with Crippen LogP contribution in [0.25, 0.3) is 0 Å². The van der Waals surface area contributed by atoms with Crippen LogP contribution >= 0.6 is 0 Å². The molecule has 6 heteroatoms. The zero-order valence-electron chi connectivity index (χ0n) is 9.73. The molecule has 0 rings (SSSR count). The monoisotopic (exact) mass is 243 g/mol. The quantitative estimate of drug-likeness (QED) is 0.705. The third kappa shape index (κ3) is 15.7. The van der Waals surface area contributed by atoms with Gasteiger partial charge in [-0.1, -0.05) is 26.7 Å². The van der Waals surface area contributed by atoms with Crippen molar-refractivity contribution in [1.29, 1.82) is 0 Å². The number of rotatable bonds is 6. The smallest absolute Gasteiger partial charge is 0.475 e. The molecule has 16 heavy (non-hydrogen) atoms. The van der Waals surface area contributed by atoms with E-state index in [4.69, 9.17) is 9.90 Å². The molecular weight excluding hydrogens is 223 g/mol. The maximum absolute atomic E-state index is 10.6. The van der Waals surface area contributed by atoms with Gasteiger partial charge in [0.25, 0.3) is 0 Å². The van der Waals surface area contributed by atoms with Gasteiger partial charge in [-0.15, -0.1) is 0 Å². The van der Waals surface area contributed by atoms with E-state index < -0.39 is 12.1 Å². The number of nitrogens with one attached hydrogen (secondary N) is 1. The van der Waals surface area contributed by atoms with E-state index in [1.54, 1.807) is 0 Å². The molecule has 3 nitrogen and oxygen atoms in total. The van der Waals surface area contributed by atoms with Gasteiger partial charge in [0.15, 0.2) is 0 Å². The Morgan fingerprint density at radius 2 is 1.44 bits per heavy atom. The molecule has 0 bridgehead atoms. The van der Waals surface area contributed by atoms with Gasteiger partial charge in [-0.3, -0.25) is 0 Å². The van der Waals surface area contributed by atoms with E-state index in [0.29, 0.717) is 0 Å². The molecule has 0 aromatic rings. The molecule has 0 atom stereocenters. The second-order valence-corrected chi connectivity index (χ2v) is 3.26. The van der Waals surface area contributed by atoms with Crippen LogP contribution in [0.5, 0.6) is 0 Å². The lowest BCUT2D eigenvalue weighted by molar-refractivity contribution is -0.192. The van der Waals surface area contributed by atoms with Gasteiger partial charge in [0.2, 0.25) is 0 Å². The summed E-state index contributed by atoms with van der Waals surface area (Å²) in [7, 11) is 0. The normalized spacial score (nSPS) is 10.6. The Kier molecular flexibility index (Phi) is 11.8. The van der Waals surface area contributed by atoms with Crippen LogP contribution in [-0.4, -0.2) is 30.3 Å². The van der Waals surface area contributed by atoms with Crippen LogP contribution in [0.2, 0.25) is 0 Å². The Balaban J connectivity index is 0. The van der Waals surface area contributed by atoms with Gasteiger partial charge in [0.1, 0.15) is 0 Å². The third-order valence-electron chi connectivity index (χ3n) is 1.66. The number of carboxylic acids is 1. The Morgan fingerprint density at radius 1 is 1.12 bits per heavy atom. The highest BCUT2D eigenvalue weighted by Gasteiger charge is 2.38. The van der Waals surface area contributed by atoms with Gasteiger partial charge >= 0.3 is 12.1 Å². The Morgan fingerprint density at radius 3 is 1.62 bits per heavy atom. The second kappa shape index (κ2) is 10.7. The molecule has 0 fully saturated rings. The van der Waals surface area contributed by atoms with E-state index in [-0.39, 0.29) is 0 Å². The van der Waals surface area contributed by atoms with Crippen molar-refractivity contribution in [3.05, 3.63) is 0 Å². The van der Waals surface area contributed by atoms with Crippen LogP contribution in [0.15, 0.2) is 0 Å². The minimum Gasteiger partial charge on any atom is -0.475 e. The van der Waals surface area contributed by atoms with Crippen LogP contribution in [0.3, 0.4) is 0 Å². The minimum absolute atomic E-state index is 1.20. The fourth-order valence-electron chi connectivity index (χ4n) is 0.729. The molecule has 0 radical (unpaired) electrons. The Labute approximate surface area is 94.0 Å². The molecule has 0 heterocycles. The van der Waals surface area contributed by atoms with Crippen LogP contribution < -0.4 is 5.32 Å². The molecule has 98 valence electrons. The molecule has 0 spiro atoms. The van der Waals surface area contributed by atoms with Crippen molar-refractivity contribution >= 4 is 5.97 Å². The van der Waals surface area contributed by atoms with Crippen LogP contribution in [0, 0.1) is 0 Å². The number of halogens is 3. The number of carboxylic acid groups (broad SMARTS) is 1. The average molecular weight is 243 g/mol. The van der Waals surface area contributed by atoms with E-state index in [9.17, 15) is 13.2 Å². The van der Waals surface area contributed by atoms with Crippen LogP contribution in [0.4, 0.5) is 13.2 Å². The standard InChI is InChI=1S/C8H19N.C2HF3O2/c1-3-5-7-9-8-6-4-2;3-2(4,5)1(6)7/h9H,3-8H2,1-2H3;(H,6,7). The fraction of sp³-hybridized carbons (Fsp3) is 0.900. The van der Waals surface area contributed by atoms with Gasteiger partial charge in [-0.25, -0.2) is 4.79 Å². The number of alkyl halides is 3. The van der Waals surface area contributed by atoms with Crippen LogP contribution in [-0.2, 0) is 4.79 Å². The summed E-state index contributed by atoms with van der Waals surface area (Å²) in [5.74, 6) is -2.76. The first kappa shape index (κ1) is 17.6. The summed E-state index contributed by atoms with van der Waals surface area (Å²) < 4.78 is 31.7. The van der Waals surface area contributed by atoms with E-state index in [1.165, 1.54) is 38.8 Å². The van der Waals surface area contributed by atoms with E-state index >= 15 is 0 Å². The first-order valence-electron chi connectivity index (χ1n) is 5.37. The van der Waals surface area contributed by atoms with Gasteiger partial charge in [-0.2, -0.15) is 13.2 Å². The highest BCUT2D eigenvalue weighted by Crippen LogP contribution is 2.13. The Hall–Kier alpha value is -0.780. The topological polar surface area (TPSA) is 49.3 Å². The molecular formula is C10H20F3NO2. The molecule has 0 aliphatic rings. The van der Waals surface area contributed by atoms with E-state index in [0.717, 1.165) is 0 Å². The molecule has 0 aromatic carbocycles. The number of carbonyl (C=O) groups is 1. The zero-order valence-corrected chi connectivity index (χ0v) is 9.73. The molecule has 0 aromatic heterocycles. The van der Waals surface area contributed by atoms with Crippen molar-refractivity contribution in [3.8, 4) is 0 Å². The minimum atomic E-state index is -5.08. The van der Waals surface area contributed by atoms with Crippen molar-refractivity contribution in [2.75, 3.05) is 13.1 Å². The van der Waals surface area contributed by atoms with Gasteiger partial charge in [0.05, 0.1) is 0 Å². The lowest BCUT2D eigenvalue weighted by Gasteiger charge is -1.99. The highest BCUT2D eigenvalue weighted by molar-refractivity contribution is 5.73. The summed E-state index contributed by atoms with van der Waals surface area (Å²) >= 11 is 0. The predicted octanol–water partition coefficient (Wildman–Crippen LogP) is 2.81. The molecule has 0 saturated heterocycles. The summed E-state index contributed by atoms with van der Waals surface area (Å²) in [6.45, 7) is 6.86. The molecule has 0 amide bonds. The lowest BCUT2D eigenvalue weighted by Crippen LogP contribution is -2.21. The molecule has 0 unspecified atom stereocenters. The zero-order chi connectivity index (χ0) is 13.0. The van der Waals surface area contributed by atoms with Crippen molar-refractivity contribution in [2.24, 2.45) is 0 Å². The second-order valence-electron chi connectivity index (χ2n) is 3.26. The summed E-state index contributed by atoms with van der Waals surface area (Å²) in [4.78, 5) is 8.90. The van der Waals surface area contributed by atoms with Gasteiger partial charge in [0, 0.05) is 0 Å². The number of unbranched alkanes of at least 4 members (excludes halogenated alkanes) is 2. The van der Waals surface area contributed by atoms with Crippen molar-refractivity contribution in [1.82, 2.24) is 5.32 Å². The summed E-state index contributed by atoms with van der Waals surface area (Å²) in [5.41, 5.74) is 0. The van der Waals surface area contributed by atoms with Crippen molar-refractivity contribution in [3.63, 3.8) is 0 Å². The first-order chi connectivity index (χ1) is 7.36. The highest BCUT2D eigenvalue weighted by atomic mass is 19.4. The van der Waals surface area contributed by atoms with Gasteiger partial charge < -0.3 is 10.4 Å². The SMILES string of the molecule is CCCCNCCCC.O=C(O)C(F)(F)F. The maximum Gasteiger partial charge on any atom is 0.490 e. The van der Waals surface area contributed by atoms with Gasteiger partial charge in [-0.05, 0) is 25.9 Å². The summed E-state index contributed by atoms with van der Waals surface area (Å²) in [5, 5.41) is 10.5. The molecule has 0 aliphatic heterocycles. The van der Waals surface area contributed by atoms with Crippen molar-refractivity contribution in [2.45, 2.75) is 45.7 Å². The fourth-order valence-corrected chi connectivity index (χ4v) is 0.729. The first-order valence-corrected chi connectivity index (χ1v) is 5.37. The summed E-state index contributed by atoms with van der Waals surface area (Å²) in [6, 6.07) is 0. The molecule has 0 aliphatic carbocycles. The number of aliphatic carboxylic acids is 1. The van der Waals surface area contributed by atoms with Crippen molar-refractivity contribution < 1.29 is 23.1 Å². The summed E-state index contributed by atoms with van der Waals surface area (Å²) in [6.07, 6.45) is 0.172. The Bertz CT molecular complexity index is 166. The van der Waals surface area contributed by atoms with E-state index in [1.807, 2.05) is 0 Å².